The highest BCUT2D eigenvalue weighted by Crippen LogP contribution is 2.53. The highest BCUT2D eigenvalue weighted by atomic mass is 31.2. The predicted octanol–water partition coefficient (Wildman–Crippen LogP) is 1.27. The van der Waals surface area contributed by atoms with E-state index < -0.39 is 38.3 Å². The second-order valence-corrected chi connectivity index (χ2v) is 9.04. The number of fused-ring (bicyclic) bond motifs is 2. The lowest BCUT2D eigenvalue weighted by molar-refractivity contribution is -0.158. The molecule has 2 aliphatic heterocycles. The Bertz CT molecular complexity index is 1110. The Balaban J connectivity index is 1.73. The van der Waals surface area contributed by atoms with Gasteiger partial charge in [0, 0.05) is 12.8 Å². The molecule has 2 aromatic rings. The van der Waals surface area contributed by atoms with Crippen LogP contribution in [0.2, 0.25) is 0 Å². The zero-order valence-corrected chi connectivity index (χ0v) is 18.9. The first kappa shape index (κ1) is 23.5. The van der Waals surface area contributed by atoms with Crippen LogP contribution in [0, 0.1) is 0 Å². The van der Waals surface area contributed by atoms with E-state index in [1.807, 2.05) is 13.8 Å². The van der Waals surface area contributed by atoms with Gasteiger partial charge in [-0.2, -0.15) is 0 Å². The minimum absolute atomic E-state index is 0.0511. The van der Waals surface area contributed by atoms with Crippen molar-refractivity contribution in [2.75, 3.05) is 17.7 Å². The molecule has 0 aromatic carbocycles. The molecule has 14 nitrogen and oxygen atoms in total. The van der Waals surface area contributed by atoms with E-state index in [1.165, 1.54) is 10.9 Å². The molecule has 0 radical (unpaired) electrons. The number of esters is 1. The molecule has 2 aliphatic rings. The number of ether oxygens (including phenoxy) is 2. The topological polar surface area (TPSA) is 190 Å². The third kappa shape index (κ3) is 4.70. The number of carbonyl (C=O) groups excluding carboxylic acids is 2. The van der Waals surface area contributed by atoms with Crippen molar-refractivity contribution in [3.63, 3.8) is 0 Å². The largest absolute Gasteiger partial charge is 0.472 e. The molecule has 0 bridgehead atoms. The van der Waals surface area contributed by atoms with Gasteiger partial charge in [0.1, 0.15) is 18.5 Å². The van der Waals surface area contributed by atoms with Gasteiger partial charge in [0.25, 0.3) is 0 Å². The molecule has 15 heteroatoms. The van der Waals surface area contributed by atoms with Crippen LogP contribution in [-0.2, 0) is 32.7 Å². The van der Waals surface area contributed by atoms with Crippen LogP contribution in [0.4, 0.5) is 11.8 Å². The van der Waals surface area contributed by atoms with Crippen molar-refractivity contribution in [3.8, 4) is 0 Å². The molecule has 0 aliphatic carbocycles. The third-order valence-corrected chi connectivity index (χ3v) is 6.14. The maximum absolute atomic E-state index is 12.3. The smallest absolute Gasteiger partial charge is 0.455 e. The second kappa shape index (κ2) is 9.31. The van der Waals surface area contributed by atoms with Gasteiger partial charge in [0.2, 0.25) is 11.9 Å². The summed E-state index contributed by atoms with van der Waals surface area (Å²) in [5.74, 6) is -0.669. The number of rotatable bonds is 7. The van der Waals surface area contributed by atoms with E-state index >= 15 is 0 Å². The van der Waals surface area contributed by atoms with Crippen molar-refractivity contribution in [1.29, 1.82) is 0 Å². The van der Waals surface area contributed by atoms with Crippen LogP contribution in [0.15, 0.2) is 6.33 Å². The first-order chi connectivity index (χ1) is 15.7. The van der Waals surface area contributed by atoms with Gasteiger partial charge >= 0.3 is 13.8 Å². The highest BCUT2D eigenvalue weighted by Gasteiger charge is 2.55. The van der Waals surface area contributed by atoms with Gasteiger partial charge < -0.3 is 25.4 Å². The van der Waals surface area contributed by atoms with E-state index in [4.69, 9.17) is 24.3 Å². The Hall–Kier alpha value is -2.64. The van der Waals surface area contributed by atoms with Gasteiger partial charge in [-0.3, -0.25) is 23.2 Å². The standard InChI is InChI=1S/C18H25N6O8P/c1-3-5-10(25)22-15-12-16(21-8-20-15)24(18(19)23-12)17-14(31-11(26)6-4-2)13-9(30-17)7-29-33(27,28)32-13/h8-9,13-14,17H,3-7H2,1-2H3,(H2,19,23)(H,27,28)(H,20,21,22,25)/t9-,13-,14-,17-/m1/s1. The number of nitrogens with two attached hydrogens (primary N) is 1. The molecule has 4 rings (SSSR count). The predicted molar refractivity (Wildman–Crippen MR) is 113 cm³/mol. The number of hydrogen-bond donors (Lipinski definition) is 3. The summed E-state index contributed by atoms with van der Waals surface area (Å²) in [7, 11) is -4.35. The normalized spacial score (nSPS) is 29.1. The maximum atomic E-state index is 12.3. The molecule has 33 heavy (non-hydrogen) atoms. The fourth-order valence-corrected chi connectivity index (χ4v) is 4.72. The van der Waals surface area contributed by atoms with Gasteiger partial charge in [-0.15, -0.1) is 0 Å². The lowest BCUT2D eigenvalue weighted by atomic mass is 10.1. The molecule has 4 heterocycles. The number of anilines is 2. The van der Waals surface area contributed by atoms with E-state index in [2.05, 4.69) is 20.3 Å². The Morgan fingerprint density at radius 3 is 2.82 bits per heavy atom. The minimum atomic E-state index is -4.35. The first-order valence-corrected chi connectivity index (χ1v) is 12.0. The average Bonchev–Trinajstić information content (AvgIpc) is 3.25. The van der Waals surface area contributed by atoms with E-state index in [-0.39, 0.29) is 41.9 Å². The Labute approximate surface area is 188 Å². The summed E-state index contributed by atoms with van der Waals surface area (Å²) in [4.78, 5) is 46.7. The number of hydrogen-bond acceptors (Lipinski definition) is 11. The molecule has 1 amide bonds. The van der Waals surface area contributed by atoms with Crippen molar-refractivity contribution in [2.45, 2.75) is 64.1 Å². The third-order valence-electron chi connectivity index (χ3n) is 5.16. The van der Waals surface area contributed by atoms with Crippen LogP contribution in [-0.4, -0.2) is 61.2 Å². The number of phosphoric acid groups is 1. The molecule has 180 valence electrons. The van der Waals surface area contributed by atoms with Gasteiger partial charge in [-0.25, -0.2) is 19.5 Å². The lowest BCUT2D eigenvalue weighted by Crippen LogP contribution is -2.41. The molecular weight excluding hydrogens is 459 g/mol. The molecule has 0 spiro atoms. The molecule has 0 saturated carbocycles. The van der Waals surface area contributed by atoms with Crippen LogP contribution in [0.3, 0.4) is 0 Å². The minimum Gasteiger partial charge on any atom is -0.455 e. The van der Waals surface area contributed by atoms with Crippen LogP contribution < -0.4 is 11.1 Å². The number of nitrogens with one attached hydrogen (secondary N) is 1. The summed E-state index contributed by atoms with van der Waals surface area (Å²) in [6.07, 6.45) is -1.27. The quantitative estimate of drug-likeness (QED) is 0.377. The van der Waals surface area contributed by atoms with E-state index in [0.29, 0.717) is 19.3 Å². The van der Waals surface area contributed by atoms with Crippen molar-refractivity contribution in [2.24, 2.45) is 0 Å². The SMILES string of the molecule is CCCC(=O)Nc1ncnc2c1nc(N)n2[C@@H]1O[C@@H]2COP(=O)(O)O[C@H]2[C@H]1OC(=O)CCC. The molecule has 2 saturated heterocycles. The molecule has 2 aromatic heterocycles. The number of aromatic nitrogens is 4. The first-order valence-electron chi connectivity index (χ1n) is 10.5. The number of imidazole rings is 1. The van der Waals surface area contributed by atoms with Crippen LogP contribution in [0.1, 0.15) is 45.8 Å². The average molecular weight is 484 g/mol. The zero-order chi connectivity index (χ0) is 23.8. The van der Waals surface area contributed by atoms with Gasteiger partial charge in [0.15, 0.2) is 29.3 Å². The number of nitrogen functional groups attached to an aromatic ring is 1. The number of carbonyl (C=O) groups is 2. The highest BCUT2D eigenvalue weighted by molar-refractivity contribution is 7.47. The van der Waals surface area contributed by atoms with E-state index in [1.54, 1.807) is 0 Å². The summed E-state index contributed by atoms with van der Waals surface area (Å²) in [6, 6.07) is 0. The summed E-state index contributed by atoms with van der Waals surface area (Å²) < 4.78 is 35.0. The van der Waals surface area contributed by atoms with E-state index in [0.717, 1.165) is 0 Å². The second-order valence-electron chi connectivity index (χ2n) is 7.64. The van der Waals surface area contributed by atoms with Crippen molar-refractivity contribution >= 4 is 42.6 Å². The van der Waals surface area contributed by atoms with Crippen molar-refractivity contribution < 1.29 is 37.6 Å². The van der Waals surface area contributed by atoms with Crippen molar-refractivity contribution in [3.05, 3.63) is 6.33 Å². The molecule has 4 N–H and O–H groups in total. The maximum Gasteiger partial charge on any atom is 0.472 e. The molecule has 1 unspecified atom stereocenters. The Kier molecular flexibility index (Phi) is 6.64. The van der Waals surface area contributed by atoms with Gasteiger partial charge in [-0.05, 0) is 12.8 Å². The molecule has 2 fully saturated rings. The number of phosphoric ester groups is 1. The summed E-state index contributed by atoms with van der Waals surface area (Å²) in [5, 5.41) is 2.68. The Morgan fingerprint density at radius 2 is 2.09 bits per heavy atom. The van der Waals surface area contributed by atoms with Crippen molar-refractivity contribution in [1.82, 2.24) is 19.5 Å². The molecular formula is C18H25N6O8P. The zero-order valence-electron chi connectivity index (χ0n) is 18.0. The van der Waals surface area contributed by atoms with Gasteiger partial charge in [0.05, 0.1) is 6.61 Å². The fourth-order valence-electron chi connectivity index (χ4n) is 3.76. The number of amides is 1. The summed E-state index contributed by atoms with van der Waals surface area (Å²) >= 11 is 0. The van der Waals surface area contributed by atoms with Crippen LogP contribution >= 0.6 is 7.82 Å². The summed E-state index contributed by atoms with van der Waals surface area (Å²) in [6.45, 7) is 3.43. The fraction of sp³-hybridized carbons (Fsp3) is 0.611. The van der Waals surface area contributed by atoms with Gasteiger partial charge in [-0.1, -0.05) is 13.8 Å². The Morgan fingerprint density at radius 1 is 1.33 bits per heavy atom. The lowest BCUT2D eigenvalue weighted by Gasteiger charge is -2.29. The summed E-state index contributed by atoms with van der Waals surface area (Å²) in [5.41, 5.74) is 6.58. The van der Waals surface area contributed by atoms with Crippen LogP contribution in [0.5, 0.6) is 0 Å². The molecule has 5 atom stereocenters. The van der Waals surface area contributed by atoms with Crippen LogP contribution in [0.25, 0.3) is 11.2 Å². The monoisotopic (exact) mass is 484 g/mol. The van der Waals surface area contributed by atoms with E-state index in [9.17, 15) is 19.0 Å². The number of nitrogens with zero attached hydrogens (tertiary/aromatic N) is 4.